The van der Waals surface area contributed by atoms with Gasteiger partial charge in [0.05, 0.1) is 18.9 Å². The number of hydrogen-bond donors (Lipinski definition) is 2. The quantitative estimate of drug-likeness (QED) is 0.349. The van der Waals surface area contributed by atoms with Crippen LogP contribution in [0.2, 0.25) is 0 Å². The van der Waals surface area contributed by atoms with E-state index in [9.17, 15) is 14.7 Å². The predicted molar refractivity (Wildman–Crippen MR) is 90.3 cm³/mol. The van der Waals surface area contributed by atoms with Crippen molar-refractivity contribution < 1.29 is 24.5 Å². The fraction of sp³-hybridized carbons (Fsp3) is 0.889. The van der Waals surface area contributed by atoms with Crippen LogP contribution >= 0.6 is 0 Å². The third-order valence-electron chi connectivity index (χ3n) is 3.85. The Hall–Kier alpha value is -1.10. The third-order valence-corrected chi connectivity index (χ3v) is 3.85. The first-order valence-corrected chi connectivity index (χ1v) is 9.08. The fourth-order valence-electron chi connectivity index (χ4n) is 2.59. The molecule has 0 spiro atoms. The molecule has 0 aliphatic rings. The molecule has 0 saturated heterocycles. The smallest absolute Gasteiger partial charge is 0.308 e. The zero-order valence-electron chi connectivity index (χ0n) is 14.8. The number of carboxylic acids is 1. The van der Waals surface area contributed by atoms with E-state index < -0.39 is 24.1 Å². The highest BCUT2D eigenvalue weighted by atomic mass is 16.5. The van der Waals surface area contributed by atoms with Gasteiger partial charge in [-0.3, -0.25) is 9.59 Å². The average Bonchev–Trinajstić information content (AvgIpc) is 2.45. The van der Waals surface area contributed by atoms with Crippen LogP contribution in [0.15, 0.2) is 0 Å². The number of hydrogen-bond acceptors (Lipinski definition) is 4. The van der Waals surface area contributed by atoms with Gasteiger partial charge in [0.2, 0.25) is 0 Å². The second kappa shape index (κ2) is 14.5. The lowest BCUT2D eigenvalue weighted by molar-refractivity contribution is -0.155. The number of carbonyl (C=O) groups is 2. The Morgan fingerprint density at radius 2 is 1.48 bits per heavy atom. The molecule has 136 valence electrons. The Balaban J connectivity index is 4.01. The van der Waals surface area contributed by atoms with E-state index in [1.165, 1.54) is 25.7 Å². The van der Waals surface area contributed by atoms with E-state index in [1.54, 1.807) is 0 Å². The van der Waals surface area contributed by atoms with Gasteiger partial charge >= 0.3 is 11.9 Å². The van der Waals surface area contributed by atoms with Crippen LogP contribution in [-0.2, 0) is 14.3 Å². The minimum absolute atomic E-state index is 0.0546. The molecule has 5 nitrogen and oxygen atoms in total. The van der Waals surface area contributed by atoms with Crippen LogP contribution in [0, 0.1) is 0 Å². The van der Waals surface area contributed by atoms with E-state index in [1.807, 2.05) is 6.92 Å². The summed E-state index contributed by atoms with van der Waals surface area (Å²) in [4.78, 5) is 22.6. The number of rotatable bonds is 15. The van der Waals surface area contributed by atoms with Crippen molar-refractivity contribution in [3.8, 4) is 0 Å². The number of carbonyl (C=O) groups excluding carboxylic acids is 1. The highest BCUT2D eigenvalue weighted by Gasteiger charge is 2.19. The van der Waals surface area contributed by atoms with Crippen LogP contribution in [-0.4, -0.2) is 34.4 Å². The number of esters is 1. The molecule has 23 heavy (non-hydrogen) atoms. The molecule has 0 radical (unpaired) electrons. The van der Waals surface area contributed by atoms with Crippen molar-refractivity contribution in [1.29, 1.82) is 0 Å². The van der Waals surface area contributed by atoms with Gasteiger partial charge in [-0.25, -0.2) is 0 Å². The van der Waals surface area contributed by atoms with Crippen LogP contribution in [0.3, 0.4) is 0 Å². The molecule has 0 bridgehead atoms. The lowest BCUT2D eigenvalue weighted by Crippen LogP contribution is -2.24. The molecule has 0 aromatic carbocycles. The summed E-state index contributed by atoms with van der Waals surface area (Å²) in [6.45, 7) is 4.12. The summed E-state index contributed by atoms with van der Waals surface area (Å²) in [5.74, 6) is -1.46. The first kappa shape index (κ1) is 21.9. The summed E-state index contributed by atoms with van der Waals surface area (Å²) in [6, 6.07) is 0. The number of unbranched alkanes of at least 4 members (excludes halogenated alkanes) is 6. The van der Waals surface area contributed by atoms with Crippen molar-refractivity contribution >= 4 is 11.9 Å². The molecular formula is C18H34O5. The molecule has 0 aliphatic heterocycles. The van der Waals surface area contributed by atoms with Gasteiger partial charge in [-0.15, -0.1) is 0 Å². The number of aliphatic hydroxyl groups excluding tert-OH is 1. The first-order valence-electron chi connectivity index (χ1n) is 9.08. The Kier molecular flexibility index (Phi) is 13.8. The molecule has 0 heterocycles. The Morgan fingerprint density at radius 1 is 0.870 bits per heavy atom. The van der Waals surface area contributed by atoms with E-state index in [0.717, 1.165) is 25.7 Å². The Morgan fingerprint density at radius 3 is 2.04 bits per heavy atom. The highest BCUT2D eigenvalue weighted by Crippen LogP contribution is 2.15. The van der Waals surface area contributed by atoms with E-state index in [0.29, 0.717) is 12.8 Å². The monoisotopic (exact) mass is 330 g/mol. The second-order valence-corrected chi connectivity index (χ2v) is 6.27. The molecule has 0 aromatic heterocycles. The van der Waals surface area contributed by atoms with Gasteiger partial charge in [0, 0.05) is 0 Å². The lowest BCUT2D eigenvalue weighted by Gasteiger charge is -2.17. The molecule has 0 amide bonds. The summed E-state index contributed by atoms with van der Waals surface area (Å²) in [5.41, 5.74) is 0. The highest BCUT2D eigenvalue weighted by molar-refractivity contribution is 5.71. The number of aliphatic carboxylic acids is 1. The van der Waals surface area contributed by atoms with Crippen LogP contribution < -0.4 is 0 Å². The van der Waals surface area contributed by atoms with Crippen molar-refractivity contribution in [2.75, 3.05) is 0 Å². The van der Waals surface area contributed by atoms with E-state index in [4.69, 9.17) is 9.84 Å². The zero-order valence-corrected chi connectivity index (χ0v) is 14.8. The van der Waals surface area contributed by atoms with Crippen molar-refractivity contribution in [2.24, 2.45) is 0 Å². The predicted octanol–water partition coefficient (Wildman–Crippen LogP) is 4.06. The van der Waals surface area contributed by atoms with Crippen molar-refractivity contribution in [3.63, 3.8) is 0 Å². The van der Waals surface area contributed by atoms with Gasteiger partial charge in [0.1, 0.15) is 6.10 Å². The van der Waals surface area contributed by atoms with Crippen molar-refractivity contribution in [3.05, 3.63) is 0 Å². The molecule has 2 atom stereocenters. The minimum atomic E-state index is -0.958. The van der Waals surface area contributed by atoms with Gasteiger partial charge in [0.25, 0.3) is 0 Å². The molecule has 0 fully saturated rings. The summed E-state index contributed by atoms with van der Waals surface area (Å²) >= 11 is 0. The molecule has 2 unspecified atom stereocenters. The maximum atomic E-state index is 11.8. The van der Waals surface area contributed by atoms with Crippen LogP contribution in [0.4, 0.5) is 0 Å². The van der Waals surface area contributed by atoms with Crippen LogP contribution in [0.5, 0.6) is 0 Å². The van der Waals surface area contributed by atoms with E-state index in [2.05, 4.69) is 6.92 Å². The topological polar surface area (TPSA) is 83.8 Å². The average molecular weight is 330 g/mol. The number of carboxylic acid groups (broad SMARTS) is 1. The van der Waals surface area contributed by atoms with Crippen molar-refractivity contribution in [1.82, 2.24) is 0 Å². The normalized spacial score (nSPS) is 13.5. The molecule has 5 heteroatoms. The lowest BCUT2D eigenvalue weighted by atomic mass is 10.0. The number of aliphatic hydroxyl groups is 1. The van der Waals surface area contributed by atoms with Gasteiger partial charge < -0.3 is 14.9 Å². The minimum Gasteiger partial charge on any atom is -0.481 e. The fourth-order valence-corrected chi connectivity index (χ4v) is 2.59. The van der Waals surface area contributed by atoms with Crippen LogP contribution in [0.1, 0.15) is 90.9 Å². The van der Waals surface area contributed by atoms with Gasteiger partial charge in [-0.1, -0.05) is 58.8 Å². The largest absolute Gasteiger partial charge is 0.481 e. The molecule has 0 saturated carbocycles. The molecule has 0 aromatic rings. The third kappa shape index (κ3) is 14.2. The zero-order chi connectivity index (χ0) is 17.5. The summed E-state index contributed by atoms with van der Waals surface area (Å²) in [7, 11) is 0. The first-order chi connectivity index (χ1) is 11.0. The molecule has 2 N–H and O–H groups in total. The Labute approximate surface area is 140 Å². The van der Waals surface area contributed by atoms with Crippen LogP contribution in [0.25, 0.3) is 0 Å². The van der Waals surface area contributed by atoms with Crippen molar-refractivity contribution in [2.45, 2.75) is 103 Å². The van der Waals surface area contributed by atoms with Gasteiger partial charge in [-0.05, 0) is 19.3 Å². The van der Waals surface area contributed by atoms with Gasteiger partial charge in [0.15, 0.2) is 0 Å². The summed E-state index contributed by atoms with van der Waals surface area (Å²) < 4.78 is 5.24. The van der Waals surface area contributed by atoms with E-state index >= 15 is 0 Å². The standard InChI is InChI=1S/C18H34O5/c1-3-5-6-7-8-9-10-12-16(14-17(20)21)23-18(22)13-15(19)11-4-2/h15-16,19H,3-14H2,1-2H3,(H,20,21). The SMILES string of the molecule is CCCCCCCCCC(CC(=O)O)OC(=O)CC(O)CCC. The van der Waals surface area contributed by atoms with Gasteiger partial charge in [-0.2, -0.15) is 0 Å². The maximum Gasteiger partial charge on any atom is 0.308 e. The molecule has 0 rings (SSSR count). The summed E-state index contributed by atoms with van der Waals surface area (Å²) in [5, 5.41) is 18.5. The Bertz CT molecular complexity index is 317. The maximum absolute atomic E-state index is 11.8. The molecular weight excluding hydrogens is 296 g/mol. The second-order valence-electron chi connectivity index (χ2n) is 6.27. The molecule has 0 aliphatic carbocycles. The number of ether oxygens (including phenoxy) is 1. The summed E-state index contributed by atoms with van der Waals surface area (Å²) in [6.07, 6.45) is 8.43. The van der Waals surface area contributed by atoms with E-state index in [-0.39, 0.29) is 12.8 Å².